The molecule has 1 atom stereocenters. The van der Waals surface area contributed by atoms with Gasteiger partial charge in [0.1, 0.15) is 0 Å². The predicted octanol–water partition coefficient (Wildman–Crippen LogP) is 2.65. The van der Waals surface area contributed by atoms with Gasteiger partial charge in [-0.1, -0.05) is 30.3 Å². The highest BCUT2D eigenvalue weighted by Gasteiger charge is 2.28. The smallest absolute Gasteiger partial charge is 0.240 e. The fourth-order valence-electron chi connectivity index (χ4n) is 2.79. The lowest BCUT2D eigenvalue weighted by atomic mass is 10.0. The van der Waals surface area contributed by atoms with Gasteiger partial charge >= 0.3 is 0 Å². The first-order valence-corrected chi connectivity index (χ1v) is 9.44. The van der Waals surface area contributed by atoms with Gasteiger partial charge in [-0.3, -0.25) is 4.79 Å². The maximum Gasteiger partial charge on any atom is 0.240 e. The number of amides is 1. The van der Waals surface area contributed by atoms with Crippen LogP contribution in [0.2, 0.25) is 0 Å². The van der Waals surface area contributed by atoms with Crippen LogP contribution in [0.4, 0.5) is 5.69 Å². The molecular weight excluding hydrogens is 324 g/mol. The summed E-state index contributed by atoms with van der Waals surface area (Å²) in [4.78, 5) is 11.9. The Morgan fingerprint density at radius 1 is 1.12 bits per heavy atom. The maximum atomic E-state index is 12.4. The Morgan fingerprint density at radius 2 is 1.88 bits per heavy atom. The molecule has 1 amide bonds. The van der Waals surface area contributed by atoms with Crippen molar-refractivity contribution in [2.45, 2.75) is 30.6 Å². The third-order valence-electron chi connectivity index (χ3n) is 4.23. The van der Waals surface area contributed by atoms with Crippen molar-refractivity contribution in [3.8, 4) is 0 Å². The van der Waals surface area contributed by atoms with E-state index in [1.165, 1.54) is 11.6 Å². The molecule has 2 N–H and O–H groups in total. The molecule has 0 fully saturated rings. The minimum Gasteiger partial charge on any atom is -0.325 e. The van der Waals surface area contributed by atoms with Crippen LogP contribution in [-0.2, 0) is 21.2 Å². The van der Waals surface area contributed by atoms with E-state index in [2.05, 4.69) is 10.0 Å². The fraction of sp³-hybridized carbons (Fsp3) is 0.278. The second-order valence-corrected chi connectivity index (χ2v) is 7.71. The van der Waals surface area contributed by atoms with Gasteiger partial charge in [-0.25, -0.2) is 13.1 Å². The topological polar surface area (TPSA) is 75.3 Å². The van der Waals surface area contributed by atoms with Crippen molar-refractivity contribution in [1.82, 2.24) is 4.72 Å². The first-order valence-electron chi connectivity index (χ1n) is 7.96. The van der Waals surface area contributed by atoms with Gasteiger partial charge in [0.15, 0.2) is 0 Å². The molecule has 1 aliphatic rings. The van der Waals surface area contributed by atoms with E-state index in [1.807, 2.05) is 30.3 Å². The molecule has 0 bridgehead atoms. The summed E-state index contributed by atoms with van der Waals surface area (Å²) in [7, 11) is -3.57. The zero-order valence-corrected chi connectivity index (χ0v) is 14.3. The summed E-state index contributed by atoms with van der Waals surface area (Å²) in [5.41, 5.74) is 2.61. The quantitative estimate of drug-likeness (QED) is 0.791. The molecular formula is C18H20N2O3S. The van der Waals surface area contributed by atoms with Gasteiger partial charge in [0.25, 0.3) is 0 Å². The van der Waals surface area contributed by atoms with Crippen molar-refractivity contribution in [2.75, 3.05) is 11.9 Å². The van der Waals surface area contributed by atoms with Crippen LogP contribution < -0.4 is 10.0 Å². The van der Waals surface area contributed by atoms with E-state index in [0.29, 0.717) is 12.2 Å². The van der Waals surface area contributed by atoms with Crippen LogP contribution in [0, 0.1) is 0 Å². The zero-order valence-electron chi connectivity index (χ0n) is 13.5. The predicted molar refractivity (Wildman–Crippen MR) is 93.4 cm³/mol. The number of carbonyl (C=O) groups is 1. The number of aryl methyl sites for hydroxylation is 1. The average Bonchev–Trinajstić information content (AvgIpc) is 2.87. The van der Waals surface area contributed by atoms with Gasteiger partial charge in [0.05, 0.1) is 10.8 Å². The monoisotopic (exact) mass is 344 g/mol. The number of anilines is 1. The van der Waals surface area contributed by atoms with Crippen LogP contribution >= 0.6 is 0 Å². The highest BCUT2D eigenvalue weighted by molar-refractivity contribution is 7.89. The first-order chi connectivity index (χ1) is 11.5. The average molecular weight is 344 g/mol. The second kappa shape index (κ2) is 6.75. The second-order valence-electron chi connectivity index (χ2n) is 5.95. The van der Waals surface area contributed by atoms with Crippen LogP contribution in [0.15, 0.2) is 53.4 Å². The number of rotatable bonds is 6. The lowest BCUT2D eigenvalue weighted by Crippen LogP contribution is -2.25. The SMILES string of the molecule is C[C@@H]1C(=O)Nc2ccc(S(=O)(=O)NCCCc3ccccc3)cc21. The number of fused-ring (bicyclic) bond motifs is 1. The molecule has 6 heteroatoms. The summed E-state index contributed by atoms with van der Waals surface area (Å²) in [5, 5.41) is 2.74. The van der Waals surface area contributed by atoms with E-state index in [-0.39, 0.29) is 16.7 Å². The molecule has 2 aromatic rings. The minimum absolute atomic E-state index is 0.102. The number of carbonyl (C=O) groups excluding carboxylic acids is 1. The molecule has 5 nitrogen and oxygen atoms in total. The fourth-order valence-corrected chi connectivity index (χ4v) is 3.90. The summed E-state index contributed by atoms with van der Waals surface area (Å²) in [6, 6.07) is 14.7. The number of benzene rings is 2. The normalized spacial score (nSPS) is 16.7. The number of sulfonamides is 1. The van der Waals surface area contributed by atoms with Gasteiger partial charge in [0, 0.05) is 12.2 Å². The summed E-state index contributed by atoms with van der Waals surface area (Å²) in [6.07, 6.45) is 1.55. The number of nitrogens with one attached hydrogen (secondary N) is 2. The van der Waals surface area contributed by atoms with Crippen LogP contribution in [-0.4, -0.2) is 20.9 Å². The molecule has 3 rings (SSSR count). The molecule has 0 radical (unpaired) electrons. The maximum absolute atomic E-state index is 12.4. The summed E-state index contributed by atoms with van der Waals surface area (Å²) >= 11 is 0. The van der Waals surface area contributed by atoms with Crippen molar-refractivity contribution in [2.24, 2.45) is 0 Å². The minimum atomic E-state index is -3.57. The summed E-state index contributed by atoms with van der Waals surface area (Å²) in [6.45, 7) is 2.14. The highest BCUT2D eigenvalue weighted by atomic mass is 32.2. The molecule has 0 aromatic heterocycles. The molecule has 0 spiro atoms. The van der Waals surface area contributed by atoms with E-state index in [1.54, 1.807) is 19.1 Å². The Labute approximate surface area is 142 Å². The van der Waals surface area contributed by atoms with E-state index >= 15 is 0 Å². The number of hydrogen-bond acceptors (Lipinski definition) is 3. The third-order valence-corrected chi connectivity index (χ3v) is 5.69. The van der Waals surface area contributed by atoms with Crippen molar-refractivity contribution in [3.63, 3.8) is 0 Å². The van der Waals surface area contributed by atoms with E-state index < -0.39 is 10.0 Å². The van der Waals surface area contributed by atoms with Crippen LogP contribution in [0.25, 0.3) is 0 Å². The van der Waals surface area contributed by atoms with Gasteiger partial charge in [-0.05, 0) is 49.1 Å². The Balaban J connectivity index is 1.63. The van der Waals surface area contributed by atoms with Crippen LogP contribution in [0.1, 0.15) is 30.4 Å². The van der Waals surface area contributed by atoms with Crippen LogP contribution in [0.3, 0.4) is 0 Å². The van der Waals surface area contributed by atoms with Gasteiger partial charge in [-0.15, -0.1) is 0 Å². The van der Waals surface area contributed by atoms with Crippen molar-refractivity contribution in [3.05, 3.63) is 59.7 Å². The van der Waals surface area contributed by atoms with Gasteiger partial charge < -0.3 is 5.32 Å². The Kier molecular flexibility index (Phi) is 4.69. The molecule has 2 aromatic carbocycles. The largest absolute Gasteiger partial charge is 0.325 e. The van der Waals surface area contributed by atoms with E-state index in [9.17, 15) is 13.2 Å². The molecule has 0 unspecified atom stereocenters. The first kappa shape index (κ1) is 16.7. The Hall–Kier alpha value is -2.18. The molecule has 24 heavy (non-hydrogen) atoms. The molecule has 126 valence electrons. The third kappa shape index (κ3) is 3.49. The molecule has 0 aliphatic carbocycles. The Bertz CT molecular complexity index is 848. The lowest BCUT2D eigenvalue weighted by Gasteiger charge is -2.09. The van der Waals surface area contributed by atoms with Gasteiger partial charge in [-0.2, -0.15) is 0 Å². The van der Waals surface area contributed by atoms with Crippen molar-refractivity contribution in [1.29, 1.82) is 0 Å². The molecule has 1 heterocycles. The van der Waals surface area contributed by atoms with Gasteiger partial charge in [0.2, 0.25) is 15.9 Å². The summed E-state index contributed by atoms with van der Waals surface area (Å²) in [5.74, 6) is -0.427. The highest BCUT2D eigenvalue weighted by Crippen LogP contribution is 2.33. The molecule has 1 aliphatic heterocycles. The van der Waals surface area contributed by atoms with Crippen molar-refractivity contribution < 1.29 is 13.2 Å². The Morgan fingerprint density at radius 3 is 2.62 bits per heavy atom. The number of hydrogen-bond donors (Lipinski definition) is 2. The molecule has 0 saturated heterocycles. The van der Waals surface area contributed by atoms with Crippen molar-refractivity contribution >= 4 is 21.6 Å². The standard InChI is InChI=1S/C18H20N2O3S/c1-13-16-12-15(9-10-17(16)20-18(13)21)24(22,23)19-11-5-8-14-6-3-2-4-7-14/h2-4,6-7,9-10,12-13,19H,5,8,11H2,1H3,(H,20,21)/t13-/m0/s1. The summed E-state index contributed by atoms with van der Waals surface area (Å²) < 4.78 is 27.5. The van der Waals surface area contributed by atoms with E-state index in [4.69, 9.17) is 0 Å². The lowest BCUT2D eigenvalue weighted by molar-refractivity contribution is -0.116. The van der Waals surface area contributed by atoms with E-state index in [0.717, 1.165) is 18.4 Å². The van der Waals surface area contributed by atoms with Crippen LogP contribution in [0.5, 0.6) is 0 Å². The molecule has 0 saturated carbocycles. The zero-order chi connectivity index (χ0) is 17.2.